The SMILES string of the molecule is Cc1ccc(-c2noc(C3CC(F)(F)C3)n2)cc1NC(=O)c1cnc2cc(-c3cn(CCO)nn3)ccn12. The number of pyridine rings is 1. The van der Waals surface area contributed by atoms with E-state index in [4.69, 9.17) is 9.63 Å². The zero-order valence-electron chi connectivity index (χ0n) is 20.2. The fourth-order valence-corrected chi connectivity index (χ4v) is 4.39. The molecule has 11 nitrogen and oxygen atoms in total. The Labute approximate surface area is 214 Å². The van der Waals surface area contributed by atoms with E-state index < -0.39 is 11.8 Å². The molecule has 0 atom stereocenters. The number of carbonyl (C=O) groups excluding carboxylic acids is 1. The number of aliphatic hydroxyl groups excluding tert-OH is 1. The quantitative estimate of drug-likeness (QED) is 0.332. The lowest BCUT2D eigenvalue weighted by Crippen LogP contribution is -2.33. The van der Waals surface area contributed by atoms with E-state index in [0.717, 1.165) is 11.1 Å². The van der Waals surface area contributed by atoms with E-state index in [1.807, 2.05) is 13.0 Å². The lowest BCUT2D eigenvalue weighted by molar-refractivity contribution is -0.0925. The molecule has 13 heteroatoms. The van der Waals surface area contributed by atoms with Crippen LogP contribution in [0.2, 0.25) is 0 Å². The average Bonchev–Trinajstić information content (AvgIpc) is 3.63. The van der Waals surface area contributed by atoms with Crippen molar-refractivity contribution in [3.05, 3.63) is 66.1 Å². The van der Waals surface area contributed by atoms with Crippen LogP contribution in [0, 0.1) is 6.92 Å². The Balaban J connectivity index is 1.21. The molecule has 0 saturated heterocycles. The fourth-order valence-electron chi connectivity index (χ4n) is 4.39. The number of benzene rings is 1. The Morgan fingerprint density at radius 1 is 1.24 bits per heavy atom. The summed E-state index contributed by atoms with van der Waals surface area (Å²) in [6.45, 7) is 2.15. The van der Waals surface area contributed by atoms with Gasteiger partial charge in [0.25, 0.3) is 5.91 Å². The first kappa shape index (κ1) is 23.9. The third kappa shape index (κ3) is 4.41. The van der Waals surface area contributed by atoms with Crippen LogP contribution in [-0.4, -0.2) is 58.1 Å². The normalized spacial score (nSPS) is 15.1. The van der Waals surface area contributed by atoms with Crippen molar-refractivity contribution < 1.29 is 23.2 Å². The van der Waals surface area contributed by atoms with Crippen LogP contribution in [0.25, 0.3) is 28.3 Å². The molecule has 0 radical (unpaired) electrons. The summed E-state index contributed by atoms with van der Waals surface area (Å²) in [4.78, 5) is 21.8. The number of rotatable bonds is 7. The number of amides is 1. The number of fused-ring (bicyclic) bond motifs is 1. The fraction of sp³-hybridized carbons (Fsp3) is 0.280. The van der Waals surface area contributed by atoms with Gasteiger partial charge in [-0.15, -0.1) is 5.10 Å². The summed E-state index contributed by atoms with van der Waals surface area (Å²) in [5.41, 5.74) is 4.21. The van der Waals surface area contributed by atoms with Crippen molar-refractivity contribution in [3.8, 4) is 22.6 Å². The molecule has 1 saturated carbocycles. The first-order valence-electron chi connectivity index (χ1n) is 11.9. The Morgan fingerprint density at radius 3 is 2.87 bits per heavy atom. The third-order valence-electron chi connectivity index (χ3n) is 6.53. The van der Waals surface area contributed by atoms with E-state index in [1.54, 1.807) is 45.7 Å². The van der Waals surface area contributed by atoms with Crippen LogP contribution < -0.4 is 5.32 Å². The Kier molecular flexibility index (Phi) is 5.71. The van der Waals surface area contributed by atoms with E-state index in [9.17, 15) is 13.6 Å². The van der Waals surface area contributed by atoms with Crippen molar-refractivity contribution in [2.45, 2.75) is 38.2 Å². The molecule has 6 rings (SSSR count). The van der Waals surface area contributed by atoms with Gasteiger partial charge in [0.05, 0.1) is 25.5 Å². The summed E-state index contributed by atoms with van der Waals surface area (Å²) in [6, 6.07) is 8.90. The highest BCUT2D eigenvalue weighted by atomic mass is 19.3. The van der Waals surface area contributed by atoms with Crippen LogP contribution in [-0.2, 0) is 6.54 Å². The van der Waals surface area contributed by atoms with Crippen LogP contribution in [0.1, 0.15) is 40.7 Å². The number of aromatic nitrogens is 7. The maximum absolute atomic E-state index is 13.2. The third-order valence-corrected chi connectivity index (χ3v) is 6.53. The van der Waals surface area contributed by atoms with Crippen LogP contribution in [0.4, 0.5) is 14.5 Å². The standard InChI is InChI=1S/C25H22F2N8O3/c1-14-2-3-16(22-30-24(38-32-22)17-10-25(26,27)11-17)8-18(14)29-23(37)20-12-28-21-9-15(4-5-35(20)21)19-13-34(6-7-36)33-31-19/h2-5,8-9,12-13,17,36H,6-7,10-11H2,1H3,(H,29,37). The number of hydrogen-bond acceptors (Lipinski definition) is 8. The van der Waals surface area contributed by atoms with Gasteiger partial charge in [-0.1, -0.05) is 22.5 Å². The summed E-state index contributed by atoms with van der Waals surface area (Å²) >= 11 is 0. The maximum Gasteiger partial charge on any atom is 0.274 e. The summed E-state index contributed by atoms with van der Waals surface area (Å²) < 4.78 is 34.8. The monoisotopic (exact) mass is 520 g/mol. The smallest absolute Gasteiger partial charge is 0.274 e. The lowest BCUT2D eigenvalue weighted by Gasteiger charge is -2.31. The van der Waals surface area contributed by atoms with Crippen LogP contribution in [0.15, 0.2) is 53.4 Å². The van der Waals surface area contributed by atoms with Crippen molar-refractivity contribution in [1.29, 1.82) is 0 Å². The van der Waals surface area contributed by atoms with E-state index >= 15 is 0 Å². The molecule has 1 aromatic carbocycles. The Morgan fingerprint density at radius 2 is 2.08 bits per heavy atom. The van der Waals surface area contributed by atoms with Crippen molar-refractivity contribution in [2.75, 3.05) is 11.9 Å². The minimum absolute atomic E-state index is 0.0406. The second-order valence-corrected chi connectivity index (χ2v) is 9.28. The minimum atomic E-state index is -2.68. The van der Waals surface area contributed by atoms with Gasteiger partial charge in [0.15, 0.2) is 0 Å². The number of imidazole rings is 1. The molecule has 0 spiro atoms. The van der Waals surface area contributed by atoms with Gasteiger partial charge in [-0.25, -0.2) is 18.4 Å². The molecule has 1 fully saturated rings. The molecule has 4 aromatic heterocycles. The predicted octanol–water partition coefficient (Wildman–Crippen LogP) is 3.71. The molecular formula is C25H22F2N8O3. The van der Waals surface area contributed by atoms with Gasteiger partial charge in [0.2, 0.25) is 17.6 Å². The number of aryl methyl sites for hydroxylation is 1. The number of hydrogen-bond donors (Lipinski definition) is 2. The predicted molar refractivity (Wildman–Crippen MR) is 131 cm³/mol. The number of nitrogens with one attached hydrogen (secondary N) is 1. The zero-order chi connectivity index (χ0) is 26.4. The second kappa shape index (κ2) is 9.10. The number of anilines is 1. The molecule has 4 heterocycles. The number of halogens is 2. The van der Waals surface area contributed by atoms with Gasteiger partial charge in [0.1, 0.15) is 17.0 Å². The highest BCUT2D eigenvalue weighted by molar-refractivity contribution is 6.04. The summed E-state index contributed by atoms with van der Waals surface area (Å²) in [5, 5.41) is 24.0. The number of nitrogens with zero attached hydrogens (tertiary/aromatic N) is 7. The van der Waals surface area contributed by atoms with Gasteiger partial charge < -0.3 is 14.9 Å². The highest BCUT2D eigenvalue weighted by Gasteiger charge is 2.48. The largest absolute Gasteiger partial charge is 0.394 e. The van der Waals surface area contributed by atoms with Gasteiger partial charge in [-0.3, -0.25) is 9.20 Å². The first-order valence-corrected chi connectivity index (χ1v) is 11.9. The molecule has 38 heavy (non-hydrogen) atoms. The second-order valence-electron chi connectivity index (χ2n) is 9.28. The number of aliphatic hydroxyl groups is 1. The summed E-state index contributed by atoms with van der Waals surface area (Å²) in [6.07, 6.45) is 4.34. The van der Waals surface area contributed by atoms with Crippen LogP contribution >= 0.6 is 0 Å². The van der Waals surface area contributed by atoms with Crippen molar-refractivity contribution in [1.82, 2.24) is 34.5 Å². The molecular weight excluding hydrogens is 498 g/mol. The van der Waals surface area contributed by atoms with Gasteiger partial charge in [-0.05, 0) is 30.7 Å². The van der Waals surface area contributed by atoms with E-state index in [2.05, 4.69) is 30.8 Å². The first-order chi connectivity index (χ1) is 18.3. The molecule has 0 bridgehead atoms. The van der Waals surface area contributed by atoms with E-state index in [1.165, 1.54) is 6.20 Å². The van der Waals surface area contributed by atoms with Crippen LogP contribution in [0.5, 0.6) is 0 Å². The molecule has 1 amide bonds. The van der Waals surface area contributed by atoms with Crippen LogP contribution in [0.3, 0.4) is 0 Å². The van der Waals surface area contributed by atoms with E-state index in [-0.39, 0.29) is 37.1 Å². The van der Waals surface area contributed by atoms with Gasteiger partial charge in [-0.2, -0.15) is 4.98 Å². The Hall–Kier alpha value is -4.52. The minimum Gasteiger partial charge on any atom is -0.394 e. The molecule has 194 valence electrons. The van der Waals surface area contributed by atoms with Crippen molar-refractivity contribution in [2.24, 2.45) is 0 Å². The summed E-state index contributed by atoms with van der Waals surface area (Å²) in [7, 11) is 0. The lowest BCUT2D eigenvalue weighted by atomic mass is 9.81. The number of alkyl halides is 2. The maximum atomic E-state index is 13.2. The molecule has 1 aliphatic carbocycles. The topological polar surface area (TPSA) is 136 Å². The van der Waals surface area contributed by atoms with Crippen molar-refractivity contribution >= 4 is 17.2 Å². The van der Waals surface area contributed by atoms with Crippen molar-refractivity contribution in [3.63, 3.8) is 0 Å². The number of carbonyl (C=O) groups is 1. The highest BCUT2D eigenvalue weighted by Crippen LogP contribution is 2.48. The molecule has 5 aromatic rings. The molecule has 2 N–H and O–H groups in total. The average molecular weight is 521 g/mol. The molecule has 0 unspecified atom stereocenters. The molecule has 1 aliphatic rings. The molecule has 0 aliphatic heterocycles. The van der Waals surface area contributed by atoms with Gasteiger partial charge in [0, 0.05) is 41.8 Å². The van der Waals surface area contributed by atoms with Gasteiger partial charge >= 0.3 is 0 Å². The van der Waals surface area contributed by atoms with E-state index in [0.29, 0.717) is 34.8 Å². The zero-order valence-corrected chi connectivity index (χ0v) is 20.2. The summed E-state index contributed by atoms with van der Waals surface area (Å²) in [5.74, 6) is -3.04. The Bertz CT molecular complexity index is 1650.